The maximum Gasteiger partial charge on any atom is 0.0408 e. The molecule has 0 saturated carbocycles. The summed E-state index contributed by atoms with van der Waals surface area (Å²) in [6.07, 6.45) is 0.906. The lowest BCUT2D eigenvalue weighted by molar-refractivity contribution is 0.773. The van der Waals surface area contributed by atoms with Crippen molar-refractivity contribution in [3.63, 3.8) is 0 Å². The van der Waals surface area contributed by atoms with Gasteiger partial charge in [-0.1, -0.05) is 23.7 Å². The molecule has 3 heteroatoms. The molecule has 0 fully saturated rings. The van der Waals surface area contributed by atoms with Gasteiger partial charge in [0.1, 0.15) is 0 Å². The Morgan fingerprint density at radius 2 is 2.27 bits per heavy atom. The molecule has 0 aromatic heterocycles. The van der Waals surface area contributed by atoms with Crippen LogP contribution in [0.5, 0.6) is 0 Å². The van der Waals surface area contributed by atoms with E-state index in [4.69, 9.17) is 17.3 Å². The molecule has 0 aliphatic rings. The van der Waals surface area contributed by atoms with Gasteiger partial charge < -0.3 is 5.73 Å². The molecule has 0 saturated heterocycles. The molecule has 15 heavy (non-hydrogen) atoms. The number of nitrogens with zero attached hydrogens (tertiary/aromatic N) is 1. The summed E-state index contributed by atoms with van der Waals surface area (Å²) in [5.74, 6) is 0.290. The molecular weight excluding hydrogens is 208 g/mol. The van der Waals surface area contributed by atoms with Crippen molar-refractivity contribution in [1.82, 2.24) is 0 Å². The molecule has 1 rings (SSSR count). The Hall–Kier alpha value is -0.860. The van der Waals surface area contributed by atoms with Crippen LogP contribution in [-0.4, -0.2) is 19.3 Å². The number of benzene rings is 1. The van der Waals surface area contributed by atoms with Crippen molar-refractivity contribution in [3.05, 3.63) is 34.9 Å². The third-order valence-electron chi connectivity index (χ3n) is 2.56. The molecule has 1 aromatic carbocycles. The summed E-state index contributed by atoms with van der Waals surface area (Å²) >= 11 is 5.97. The molecule has 1 aromatic rings. The minimum absolute atomic E-state index is 0.290. The van der Waals surface area contributed by atoms with E-state index in [2.05, 4.69) is 11.1 Å². The van der Waals surface area contributed by atoms with Crippen molar-refractivity contribution < 1.29 is 0 Å². The second-order valence-corrected chi connectivity index (χ2v) is 3.99. The van der Waals surface area contributed by atoms with E-state index in [1.165, 1.54) is 5.56 Å². The maximum absolute atomic E-state index is 5.97. The van der Waals surface area contributed by atoms with E-state index in [1.807, 2.05) is 32.2 Å². The first-order valence-corrected chi connectivity index (χ1v) is 5.45. The maximum atomic E-state index is 5.97. The second kappa shape index (κ2) is 5.89. The van der Waals surface area contributed by atoms with Crippen LogP contribution in [0.1, 0.15) is 24.8 Å². The Kier molecular flexibility index (Phi) is 4.79. The third-order valence-corrected chi connectivity index (χ3v) is 2.80. The van der Waals surface area contributed by atoms with Gasteiger partial charge in [0, 0.05) is 23.7 Å². The number of hydrogen-bond donors (Lipinski definition) is 1. The van der Waals surface area contributed by atoms with Gasteiger partial charge in [-0.25, -0.2) is 0 Å². The summed E-state index contributed by atoms with van der Waals surface area (Å²) in [7, 11) is 1.81. The van der Waals surface area contributed by atoms with Gasteiger partial charge >= 0.3 is 0 Å². The van der Waals surface area contributed by atoms with Crippen LogP contribution >= 0.6 is 11.6 Å². The van der Waals surface area contributed by atoms with Crippen molar-refractivity contribution >= 4 is 17.3 Å². The Morgan fingerprint density at radius 3 is 2.80 bits per heavy atom. The van der Waals surface area contributed by atoms with Gasteiger partial charge in [0.15, 0.2) is 0 Å². The number of nitrogens with two attached hydrogens (primary N) is 1. The van der Waals surface area contributed by atoms with E-state index < -0.39 is 0 Å². The average molecular weight is 225 g/mol. The zero-order chi connectivity index (χ0) is 11.3. The van der Waals surface area contributed by atoms with Crippen LogP contribution in [0.2, 0.25) is 5.02 Å². The molecule has 2 nitrogen and oxygen atoms in total. The van der Waals surface area contributed by atoms with Crippen molar-refractivity contribution in [1.29, 1.82) is 0 Å². The molecule has 0 radical (unpaired) electrons. The Bertz CT molecular complexity index is 347. The van der Waals surface area contributed by atoms with Crippen LogP contribution in [0.3, 0.4) is 0 Å². The standard InChI is InChI=1S/C12H17ClN2/c1-9(15-2)12(6-7-14)10-4-3-5-11(13)8-10/h3-5,8,12H,6-7,14H2,1-2H3. The van der Waals surface area contributed by atoms with Gasteiger partial charge in [-0.3, -0.25) is 4.99 Å². The van der Waals surface area contributed by atoms with Crippen molar-refractivity contribution in [2.24, 2.45) is 10.7 Å². The van der Waals surface area contributed by atoms with E-state index in [1.54, 1.807) is 0 Å². The molecule has 1 unspecified atom stereocenters. The highest BCUT2D eigenvalue weighted by atomic mass is 35.5. The summed E-state index contributed by atoms with van der Waals surface area (Å²) < 4.78 is 0. The zero-order valence-corrected chi connectivity index (χ0v) is 9.96. The van der Waals surface area contributed by atoms with E-state index in [9.17, 15) is 0 Å². The first kappa shape index (κ1) is 12.2. The molecule has 0 amide bonds. The van der Waals surface area contributed by atoms with Gasteiger partial charge in [0.2, 0.25) is 0 Å². The van der Waals surface area contributed by atoms with Crippen molar-refractivity contribution in [2.75, 3.05) is 13.6 Å². The lowest BCUT2D eigenvalue weighted by atomic mass is 9.92. The third kappa shape index (κ3) is 3.33. The molecule has 1 atom stereocenters. The van der Waals surface area contributed by atoms with Crippen LogP contribution in [-0.2, 0) is 0 Å². The molecule has 2 N–H and O–H groups in total. The number of rotatable bonds is 4. The number of aliphatic imine (C=N–C) groups is 1. The monoisotopic (exact) mass is 224 g/mol. The highest BCUT2D eigenvalue weighted by molar-refractivity contribution is 6.30. The summed E-state index contributed by atoms with van der Waals surface area (Å²) in [5.41, 5.74) is 7.90. The molecule has 0 heterocycles. The van der Waals surface area contributed by atoms with Crippen LogP contribution < -0.4 is 5.73 Å². The smallest absolute Gasteiger partial charge is 0.0408 e. The van der Waals surface area contributed by atoms with Crippen LogP contribution in [0.4, 0.5) is 0 Å². The number of halogens is 1. The predicted molar refractivity (Wildman–Crippen MR) is 66.9 cm³/mol. The first-order chi connectivity index (χ1) is 7.19. The first-order valence-electron chi connectivity index (χ1n) is 5.08. The fourth-order valence-corrected chi connectivity index (χ4v) is 1.86. The van der Waals surface area contributed by atoms with Crippen LogP contribution in [0.25, 0.3) is 0 Å². The number of hydrogen-bond acceptors (Lipinski definition) is 2. The van der Waals surface area contributed by atoms with E-state index in [0.29, 0.717) is 12.5 Å². The van der Waals surface area contributed by atoms with Crippen molar-refractivity contribution in [3.8, 4) is 0 Å². The molecule has 0 bridgehead atoms. The summed E-state index contributed by atoms with van der Waals surface area (Å²) in [4.78, 5) is 4.23. The highest BCUT2D eigenvalue weighted by Crippen LogP contribution is 2.23. The fourth-order valence-electron chi connectivity index (χ4n) is 1.66. The normalized spacial score (nSPS) is 14.0. The summed E-state index contributed by atoms with van der Waals surface area (Å²) in [6.45, 7) is 2.69. The van der Waals surface area contributed by atoms with E-state index in [-0.39, 0.29) is 0 Å². The van der Waals surface area contributed by atoms with Gasteiger partial charge in [-0.05, 0) is 37.6 Å². The quantitative estimate of drug-likeness (QED) is 0.785. The minimum Gasteiger partial charge on any atom is -0.330 e. The Labute approximate surface area is 96.2 Å². The Morgan fingerprint density at radius 1 is 1.53 bits per heavy atom. The minimum atomic E-state index is 0.290. The van der Waals surface area contributed by atoms with Gasteiger partial charge in [-0.15, -0.1) is 0 Å². The lowest BCUT2D eigenvalue weighted by Gasteiger charge is -2.16. The van der Waals surface area contributed by atoms with Gasteiger partial charge in [-0.2, -0.15) is 0 Å². The van der Waals surface area contributed by atoms with Crippen LogP contribution in [0, 0.1) is 0 Å². The largest absolute Gasteiger partial charge is 0.330 e. The summed E-state index contributed by atoms with van der Waals surface area (Å²) in [6, 6.07) is 7.89. The summed E-state index contributed by atoms with van der Waals surface area (Å²) in [5, 5.41) is 0.762. The zero-order valence-electron chi connectivity index (χ0n) is 9.20. The van der Waals surface area contributed by atoms with Crippen LogP contribution in [0.15, 0.2) is 29.3 Å². The molecule has 0 spiro atoms. The highest BCUT2D eigenvalue weighted by Gasteiger charge is 2.13. The van der Waals surface area contributed by atoms with Crippen molar-refractivity contribution in [2.45, 2.75) is 19.3 Å². The lowest BCUT2D eigenvalue weighted by Crippen LogP contribution is -2.14. The Balaban J connectivity index is 2.98. The van der Waals surface area contributed by atoms with E-state index in [0.717, 1.165) is 17.2 Å². The fraction of sp³-hybridized carbons (Fsp3) is 0.417. The molecule has 0 aliphatic heterocycles. The van der Waals surface area contributed by atoms with Gasteiger partial charge in [0.05, 0.1) is 0 Å². The van der Waals surface area contributed by atoms with E-state index >= 15 is 0 Å². The molecule has 0 aliphatic carbocycles. The molecule has 82 valence electrons. The topological polar surface area (TPSA) is 38.4 Å². The SMILES string of the molecule is CN=C(C)C(CCN)c1cccc(Cl)c1. The second-order valence-electron chi connectivity index (χ2n) is 3.55. The predicted octanol–water partition coefficient (Wildman–Crippen LogP) is 2.86. The van der Waals surface area contributed by atoms with Gasteiger partial charge in [0.25, 0.3) is 0 Å². The molecular formula is C12H17ClN2. The average Bonchev–Trinajstić information content (AvgIpc) is 2.25.